The fourth-order valence-electron chi connectivity index (χ4n) is 6.08. The molecule has 7 nitrogen and oxygen atoms in total. The van der Waals surface area contributed by atoms with E-state index >= 15 is 0 Å². The van der Waals surface area contributed by atoms with Crippen LogP contribution >= 0.6 is 0 Å². The van der Waals surface area contributed by atoms with E-state index in [-0.39, 0.29) is 24.3 Å². The van der Waals surface area contributed by atoms with Crippen LogP contribution in [0, 0.1) is 5.92 Å². The van der Waals surface area contributed by atoms with Gasteiger partial charge in [-0.25, -0.2) is 4.99 Å². The van der Waals surface area contributed by atoms with E-state index in [1.165, 1.54) is 50.5 Å². The van der Waals surface area contributed by atoms with Gasteiger partial charge in [0, 0.05) is 30.4 Å². The monoisotopic (exact) mass is 477 g/mol. The standard InChI is InChI=1S/C28H39N5O2/c1-18(2)33-16-23-25(27(33)34)30-28(32-14-15-35-24(17-32)21-8-9-21)31-26(23)29-22-12-10-20(11-13-22)19-6-4-3-5-7-19/h10-13,18-19,21,24,28,30H,3-9,14-17H2,1-2H3,(H,29,31). The SMILES string of the molecule is CC(C)N1CC2=C(NC(N3CCOC(C4CC4)C3)N=C2Nc2ccc(C3CCCCC3)cc2)C1=O. The van der Waals surface area contributed by atoms with Gasteiger partial charge in [0.15, 0.2) is 6.29 Å². The lowest BCUT2D eigenvalue weighted by Gasteiger charge is -2.38. The topological polar surface area (TPSA) is 69.2 Å². The largest absolute Gasteiger partial charge is 0.375 e. The van der Waals surface area contributed by atoms with Crippen molar-refractivity contribution in [2.75, 3.05) is 31.6 Å². The van der Waals surface area contributed by atoms with Gasteiger partial charge < -0.3 is 20.3 Å². The summed E-state index contributed by atoms with van der Waals surface area (Å²) in [5.41, 5.74) is 4.16. The van der Waals surface area contributed by atoms with Crippen molar-refractivity contribution < 1.29 is 9.53 Å². The zero-order valence-electron chi connectivity index (χ0n) is 21.1. The van der Waals surface area contributed by atoms with E-state index in [1.807, 2.05) is 4.90 Å². The molecule has 2 aliphatic carbocycles. The number of nitrogens with zero attached hydrogens (tertiary/aromatic N) is 3. The van der Waals surface area contributed by atoms with Crippen molar-refractivity contribution in [3.05, 3.63) is 41.1 Å². The van der Waals surface area contributed by atoms with Crippen LogP contribution in [-0.2, 0) is 9.53 Å². The van der Waals surface area contributed by atoms with Crippen LogP contribution in [0.15, 0.2) is 40.5 Å². The smallest absolute Gasteiger partial charge is 0.271 e. The maximum absolute atomic E-state index is 13.3. The fourth-order valence-corrected chi connectivity index (χ4v) is 6.08. The number of anilines is 1. The average Bonchev–Trinajstić information content (AvgIpc) is 3.68. The molecule has 188 valence electrons. The van der Waals surface area contributed by atoms with Gasteiger partial charge in [0.2, 0.25) is 0 Å². The highest BCUT2D eigenvalue weighted by Crippen LogP contribution is 2.37. The van der Waals surface area contributed by atoms with Gasteiger partial charge in [-0.3, -0.25) is 9.69 Å². The maximum Gasteiger partial charge on any atom is 0.271 e. The number of benzene rings is 1. The molecule has 2 atom stereocenters. The predicted octanol–water partition coefficient (Wildman–Crippen LogP) is 4.05. The number of carbonyl (C=O) groups is 1. The van der Waals surface area contributed by atoms with Gasteiger partial charge in [0.05, 0.1) is 19.3 Å². The summed E-state index contributed by atoms with van der Waals surface area (Å²) >= 11 is 0. The number of hydrogen-bond acceptors (Lipinski definition) is 6. The van der Waals surface area contributed by atoms with Gasteiger partial charge >= 0.3 is 0 Å². The third-order valence-corrected chi connectivity index (χ3v) is 8.41. The fraction of sp³-hybridized carbons (Fsp3) is 0.643. The van der Waals surface area contributed by atoms with Crippen LogP contribution in [0.5, 0.6) is 0 Å². The Morgan fingerprint density at radius 1 is 1.09 bits per heavy atom. The second kappa shape index (κ2) is 9.58. The number of morpholine rings is 1. The first kappa shape index (κ1) is 23.0. The van der Waals surface area contributed by atoms with Gasteiger partial charge in [0.25, 0.3) is 5.91 Å². The average molecular weight is 478 g/mol. The summed E-state index contributed by atoms with van der Waals surface area (Å²) in [6.07, 6.45) is 9.23. The Bertz CT molecular complexity index is 1010. The quantitative estimate of drug-likeness (QED) is 0.670. The van der Waals surface area contributed by atoms with Crippen molar-refractivity contribution in [1.82, 2.24) is 15.1 Å². The van der Waals surface area contributed by atoms with E-state index in [2.05, 4.69) is 53.6 Å². The number of nitrogens with one attached hydrogen (secondary N) is 2. The Balaban J connectivity index is 1.24. The molecule has 1 saturated heterocycles. The summed E-state index contributed by atoms with van der Waals surface area (Å²) in [6, 6.07) is 9.05. The Labute approximate surface area is 209 Å². The first-order valence-corrected chi connectivity index (χ1v) is 13.7. The molecule has 0 radical (unpaired) electrons. The number of amidine groups is 1. The van der Waals surface area contributed by atoms with Crippen molar-refractivity contribution in [3.63, 3.8) is 0 Å². The third kappa shape index (κ3) is 4.73. The Morgan fingerprint density at radius 2 is 1.86 bits per heavy atom. The summed E-state index contributed by atoms with van der Waals surface area (Å²) in [4.78, 5) is 22.7. The molecule has 1 aromatic rings. The summed E-state index contributed by atoms with van der Waals surface area (Å²) < 4.78 is 6.04. The molecule has 0 spiro atoms. The number of aliphatic imine (C=N–C) groups is 1. The normalized spacial score (nSPS) is 28.3. The second-order valence-electron chi connectivity index (χ2n) is 11.2. The molecular formula is C28H39N5O2. The minimum absolute atomic E-state index is 0.0776. The van der Waals surface area contributed by atoms with E-state index in [0.717, 1.165) is 36.8 Å². The number of amides is 1. The molecule has 2 unspecified atom stereocenters. The molecule has 3 heterocycles. The molecule has 0 bridgehead atoms. The van der Waals surface area contributed by atoms with Crippen molar-refractivity contribution in [3.8, 4) is 0 Å². The number of rotatable bonds is 5. The second-order valence-corrected chi connectivity index (χ2v) is 11.2. The van der Waals surface area contributed by atoms with Crippen molar-refractivity contribution in [2.24, 2.45) is 10.9 Å². The molecule has 0 aromatic heterocycles. The van der Waals surface area contributed by atoms with Crippen molar-refractivity contribution >= 4 is 17.4 Å². The minimum atomic E-state index is -0.251. The molecule has 5 aliphatic rings. The highest BCUT2D eigenvalue weighted by molar-refractivity contribution is 6.16. The molecule has 6 rings (SSSR count). The molecule has 35 heavy (non-hydrogen) atoms. The minimum Gasteiger partial charge on any atom is -0.375 e. The van der Waals surface area contributed by atoms with Crippen molar-refractivity contribution in [1.29, 1.82) is 0 Å². The highest BCUT2D eigenvalue weighted by Gasteiger charge is 2.42. The van der Waals surface area contributed by atoms with Crippen LogP contribution in [0.1, 0.15) is 70.3 Å². The molecule has 7 heteroatoms. The number of carbonyl (C=O) groups excluding carboxylic acids is 1. The van der Waals surface area contributed by atoms with Crippen LogP contribution in [0.2, 0.25) is 0 Å². The third-order valence-electron chi connectivity index (χ3n) is 8.41. The Hall–Kier alpha value is -2.38. The van der Waals surface area contributed by atoms with Crippen molar-refractivity contribution in [2.45, 2.75) is 83.1 Å². The lowest BCUT2D eigenvalue weighted by atomic mass is 9.84. The number of hydrogen-bond donors (Lipinski definition) is 2. The molecule has 3 fully saturated rings. The van der Waals surface area contributed by atoms with E-state index in [1.54, 1.807) is 0 Å². The molecule has 1 aromatic carbocycles. The molecule has 1 amide bonds. The first-order valence-electron chi connectivity index (χ1n) is 13.7. The van der Waals surface area contributed by atoms with E-state index in [0.29, 0.717) is 24.1 Å². The van der Waals surface area contributed by atoms with Crippen LogP contribution in [0.3, 0.4) is 0 Å². The summed E-state index contributed by atoms with van der Waals surface area (Å²) in [6.45, 7) is 7.14. The zero-order valence-corrected chi connectivity index (χ0v) is 21.1. The van der Waals surface area contributed by atoms with Gasteiger partial charge in [0.1, 0.15) is 11.5 Å². The van der Waals surface area contributed by atoms with Gasteiger partial charge in [-0.15, -0.1) is 0 Å². The van der Waals surface area contributed by atoms with Crippen LogP contribution in [0.4, 0.5) is 5.69 Å². The molecule has 2 N–H and O–H groups in total. The van der Waals surface area contributed by atoms with Crippen LogP contribution in [0.25, 0.3) is 0 Å². The van der Waals surface area contributed by atoms with E-state index in [4.69, 9.17) is 9.73 Å². The first-order chi connectivity index (χ1) is 17.1. The van der Waals surface area contributed by atoms with Gasteiger partial charge in [-0.05, 0) is 69.1 Å². The van der Waals surface area contributed by atoms with Gasteiger partial charge in [-0.1, -0.05) is 31.4 Å². The Morgan fingerprint density at radius 3 is 2.57 bits per heavy atom. The van der Waals surface area contributed by atoms with Crippen LogP contribution < -0.4 is 10.6 Å². The van der Waals surface area contributed by atoms with E-state index in [9.17, 15) is 4.79 Å². The summed E-state index contributed by atoms with van der Waals surface area (Å²) in [7, 11) is 0. The lowest BCUT2D eigenvalue weighted by Crippen LogP contribution is -2.55. The highest BCUT2D eigenvalue weighted by atomic mass is 16.5. The van der Waals surface area contributed by atoms with E-state index < -0.39 is 0 Å². The predicted molar refractivity (Wildman–Crippen MR) is 138 cm³/mol. The lowest BCUT2D eigenvalue weighted by molar-refractivity contribution is -0.127. The summed E-state index contributed by atoms with van der Waals surface area (Å²) in [5.74, 6) is 2.28. The van der Waals surface area contributed by atoms with Gasteiger partial charge in [-0.2, -0.15) is 0 Å². The maximum atomic E-state index is 13.3. The Kier molecular flexibility index (Phi) is 6.31. The molecule has 3 aliphatic heterocycles. The zero-order chi connectivity index (χ0) is 23.9. The number of ether oxygens (including phenoxy) is 1. The summed E-state index contributed by atoms with van der Waals surface area (Å²) in [5, 5.41) is 7.09. The van der Waals surface area contributed by atoms with Crippen LogP contribution in [-0.4, -0.2) is 66.2 Å². The molecule has 2 saturated carbocycles. The molecular weight excluding hydrogens is 438 g/mol.